The van der Waals surface area contributed by atoms with Gasteiger partial charge in [0.2, 0.25) is 0 Å². The minimum atomic E-state index is -0.885. The Balaban J connectivity index is 2.37. The van der Waals surface area contributed by atoms with Gasteiger partial charge in [0, 0.05) is 11.6 Å². The number of hydrogen-bond acceptors (Lipinski definition) is 1. The van der Waals surface area contributed by atoms with Crippen LogP contribution in [-0.4, -0.2) is 13.1 Å². The summed E-state index contributed by atoms with van der Waals surface area (Å²) in [5, 5.41) is 3.47. The number of nitrogens with one attached hydrogen (secondary N) is 1. The van der Waals surface area contributed by atoms with Crippen LogP contribution >= 0.6 is 11.6 Å². The van der Waals surface area contributed by atoms with Crippen LogP contribution in [0, 0.1) is 11.6 Å². The molecule has 0 radical (unpaired) electrons. The van der Waals surface area contributed by atoms with Crippen molar-refractivity contribution in [3.05, 3.63) is 34.4 Å². The summed E-state index contributed by atoms with van der Waals surface area (Å²) in [5.41, 5.74) is 0.704. The van der Waals surface area contributed by atoms with Crippen molar-refractivity contribution >= 4 is 11.6 Å². The first-order valence-corrected chi connectivity index (χ1v) is 4.91. The molecule has 1 saturated heterocycles. The van der Waals surface area contributed by atoms with Crippen LogP contribution in [-0.2, 0) is 0 Å². The smallest absolute Gasteiger partial charge is 0.160 e. The molecular weight excluding hydrogens is 208 g/mol. The summed E-state index contributed by atoms with van der Waals surface area (Å²) in [4.78, 5) is 0. The van der Waals surface area contributed by atoms with Crippen LogP contribution < -0.4 is 5.32 Å². The van der Waals surface area contributed by atoms with Gasteiger partial charge in [0.15, 0.2) is 11.6 Å². The lowest BCUT2D eigenvalue weighted by Crippen LogP contribution is -2.08. The van der Waals surface area contributed by atoms with Crippen molar-refractivity contribution in [2.75, 3.05) is 13.1 Å². The topological polar surface area (TPSA) is 12.0 Å². The van der Waals surface area contributed by atoms with Crippen molar-refractivity contribution in [2.24, 2.45) is 0 Å². The van der Waals surface area contributed by atoms with E-state index in [-0.39, 0.29) is 5.92 Å². The Morgan fingerprint density at radius 3 is 2.64 bits per heavy atom. The molecule has 0 amide bonds. The third-order valence-electron chi connectivity index (χ3n) is 2.54. The Morgan fingerprint density at radius 2 is 2.00 bits per heavy atom. The third kappa shape index (κ3) is 1.74. The summed E-state index contributed by atoms with van der Waals surface area (Å²) in [6.07, 6.45) is 0.921. The molecule has 1 unspecified atom stereocenters. The Morgan fingerprint density at radius 1 is 1.29 bits per heavy atom. The van der Waals surface area contributed by atoms with Crippen LogP contribution in [0.2, 0.25) is 5.02 Å². The Kier molecular flexibility index (Phi) is 2.70. The zero-order valence-electron chi connectivity index (χ0n) is 7.49. The first-order valence-electron chi connectivity index (χ1n) is 4.53. The van der Waals surface area contributed by atoms with Crippen LogP contribution in [0.3, 0.4) is 0 Å². The average molecular weight is 218 g/mol. The molecular formula is C10H10ClF2N. The van der Waals surface area contributed by atoms with Crippen LogP contribution in [0.15, 0.2) is 12.1 Å². The summed E-state index contributed by atoms with van der Waals surface area (Å²) in [6, 6.07) is 2.25. The lowest BCUT2D eigenvalue weighted by Gasteiger charge is -2.11. The van der Waals surface area contributed by atoms with E-state index >= 15 is 0 Å². The summed E-state index contributed by atoms with van der Waals surface area (Å²) < 4.78 is 25.7. The average Bonchev–Trinajstić information content (AvgIpc) is 2.64. The highest BCUT2D eigenvalue weighted by molar-refractivity contribution is 6.31. The van der Waals surface area contributed by atoms with Crippen LogP contribution in [0.4, 0.5) is 8.78 Å². The highest BCUT2D eigenvalue weighted by atomic mass is 35.5. The predicted octanol–water partition coefficient (Wildman–Crippen LogP) is 2.70. The molecule has 1 aromatic rings. The van der Waals surface area contributed by atoms with E-state index in [0.29, 0.717) is 10.6 Å². The molecule has 1 N–H and O–H groups in total. The van der Waals surface area contributed by atoms with E-state index in [4.69, 9.17) is 11.6 Å². The SMILES string of the molecule is Fc1cc(Cl)c(C2CCNC2)cc1F. The van der Waals surface area contributed by atoms with Crippen molar-refractivity contribution in [3.63, 3.8) is 0 Å². The van der Waals surface area contributed by atoms with Gasteiger partial charge in [-0.15, -0.1) is 0 Å². The maximum Gasteiger partial charge on any atom is 0.160 e. The lowest BCUT2D eigenvalue weighted by molar-refractivity contribution is 0.505. The molecule has 1 heterocycles. The van der Waals surface area contributed by atoms with Gasteiger partial charge in [0.1, 0.15) is 0 Å². The summed E-state index contributed by atoms with van der Waals surface area (Å²) >= 11 is 5.85. The molecule has 0 aliphatic carbocycles. The molecule has 4 heteroatoms. The molecule has 0 saturated carbocycles. The molecule has 1 fully saturated rings. The third-order valence-corrected chi connectivity index (χ3v) is 2.87. The lowest BCUT2D eigenvalue weighted by atomic mass is 9.98. The van der Waals surface area contributed by atoms with Gasteiger partial charge in [0.05, 0.1) is 0 Å². The highest BCUT2D eigenvalue weighted by Gasteiger charge is 2.20. The van der Waals surface area contributed by atoms with Crippen molar-refractivity contribution in [1.29, 1.82) is 0 Å². The Hall–Kier alpha value is -0.670. The molecule has 1 nitrogen and oxygen atoms in total. The minimum Gasteiger partial charge on any atom is -0.316 e. The molecule has 1 aliphatic heterocycles. The quantitative estimate of drug-likeness (QED) is 0.714. The fraction of sp³-hybridized carbons (Fsp3) is 0.400. The van der Waals surface area contributed by atoms with E-state index in [1.807, 2.05) is 0 Å². The molecule has 2 rings (SSSR count). The van der Waals surface area contributed by atoms with Crippen molar-refractivity contribution in [1.82, 2.24) is 5.32 Å². The first kappa shape index (κ1) is 9.87. The van der Waals surface area contributed by atoms with E-state index in [0.717, 1.165) is 25.6 Å². The maximum atomic E-state index is 13.0. The zero-order chi connectivity index (χ0) is 10.1. The molecule has 1 aromatic carbocycles. The molecule has 0 aromatic heterocycles. The number of halogens is 3. The fourth-order valence-electron chi connectivity index (χ4n) is 1.77. The van der Waals surface area contributed by atoms with Crippen LogP contribution in [0.25, 0.3) is 0 Å². The van der Waals surface area contributed by atoms with Crippen molar-refractivity contribution in [3.8, 4) is 0 Å². The van der Waals surface area contributed by atoms with Crippen molar-refractivity contribution in [2.45, 2.75) is 12.3 Å². The van der Waals surface area contributed by atoms with Gasteiger partial charge in [-0.3, -0.25) is 0 Å². The minimum absolute atomic E-state index is 0.206. The predicted molar refractivity (Wildman–Crippen MR) is 51.6 cm³/mol. The molecule has 14 heavy (non-hydrogen) atoms. The van der Waals surface area contributed by atoms with E-state index in [1.54, 1.807) is 0 Å². The summed E-state index contributed by atoms with van der Waals surface area (Å²) in [7, 11) is 0. The number of rotatable bonds is 1. The molecule has 0 bridgehead atoms. The standard InChI is InChI=1S/C10H10ClF2N/c11-8-4-10(13)9(12)3-7(8)6-1-2-14-5-6/h3-4,6,14H,1-2,5H2. The largest absolute Gasteiger partial charge is 0.316 e. The first-order chi connectivity index (χ1) is 6.68. The van der Waals surface area contributed by atoms with Gasteiger partial charge >= 0.3 is 0 Å². The molecule has 76 valence electrons. The highest BCUT2D eigenvalue weighted by Crippen LogP contribution is 2.30. The van der Waals surface area contributed by atoms with E-state index in [1.165, 1.54) is 6.07 Å². The van der Waals surface area contributed by atoms with Gasteiger partial charge in [-0.25, -0.2) is 8.78 Å². The summed E-state index contributed by atoms with van der Waals surface area (Å²) in [5.74, 6) is -1.50. The second-order valence-electron chi connectivity index (χ2n) is 3.48. The second kappa shape index (κ2) is 3.83. The Bertz CT molecular complexity index is 348. The van der Waals surface area contributed by atoms with E-state index in [2.05, 4.69) is 5.32 Å². The number of hydrogen-bond donors (Lipinski definition) is 1. The van der Waals surface area contributed by atoms with Gasteiger partial charge in [-0.2, -0.15) is 0 Å². The molecule has 1 atom stereocenters. The van der Waals surface area contributed by atoms with E-state index < -0.39 is 11.6 Å². The van der Waals surface area contributed by atoms with Gasteiger partial charge in [-0.1, -0.05) is 11.6 Å². The normalized spacial score (nSPS) is 21.5. The Labute approximate surface area is 86.1 Å². The maximum absolute atomic E-state index is 13.0. The number of benzene rings is 1. The van der Waals surface area contributed by atoms with Crippen LogP contribution in [0.5, 0.6) is 0 Å². The zero-order valence-corrected chi connectivity index (χ0v) is 8.24. The fourth-order valence-corrected chi connectivity index (χ4v) is 2.08. The van der Waals surface area contributed by atoms with Gasteiger partial charge in [0.25, 0.3) is 0 Å². The van der Waals surface area contributed by atoms with Crippen molar-refractivity contribution < 1.29 is 8.78 Å². The van der Waals surface area contributed by atoms with Gasteiger partial charge < -0.3 is 5.32 Å². The molecule has 1 aliphatic rings. The van der Waals surface area contributed by atoms with Gasteiger partial charge in [-0.05, 0) is 36.6 Å². The monoisotopic (exact) mass is 217 g/mol. The molecule has 0 spiro atoms. The second-order valence-corrected chi connectivity index (χ2v) is 3.88. The summed E-state index contributed by atoms with van der Waals surface area (Å²) in [6.45, 7) is 1.69. The van der Waals surface area contributed by atoms with E-state index in [9.17, 15) is 8.78 Å². The van der Waals surface area contributed by atoms with Crippen LogP contribution in [0.1, 0.15) is 17.9 Å².